The van der Waals surface area contributed by atoms with Crippen molar-refractivity contribution in [1.82, 2.24) is 5.43 Å². The van der Waals surface area contributed by atoms with Gasteiger partial charge in [0.2, 0.25) is 0 Å². The number of hydrogen-bond acceptors (Lipinski definition) is 2. The lowest BCUT2D eigenvalue weighted by Crippen LogP contribution is -2.38. The molecule has 0 heterocycles. The van der Waals surface area contributed by atoms with Crippen molar-refractivity contribution >= 4 is 0 Å². The maximum Gasteiger partial charge on any atom is 0.0456 e. The largest absolute Gasteiger partial charge is 0.271 e. The van der Waals surface area contributed by atoms with E-state index >= 15 is 0 Å². The van der Waals surface area contributed by atoms with E-state index in [-0.39, 0.29) is 6.04 Å². The molecule has 2 heteroatoms. The van der Waals surface area contributed by atoms with Crippen LogP contribution in [0.2, 0.25) is 0 Å². The average Bonchev–Trinajstić information content (AvgIpc) is 2.27. The van der Waals surface area contributed by atoms with Crippen LogP contribution in [0.15, 0.2) is 43.0 Å². The van der Waals surface area contributed by atoms with Crippen LogP contribution in [0, 0.1) is 0 Å². The van der Waals surface area contributed by atoms with E-state index < -0.39 is 0 Å². The van der Waals surface area contributed by atoms with E-state index in [0.717, 1.165) is 6.42 Å². The van der Waals surface area contributed by atoms with Gasteiger partial charge in [-0.25, -0.2) is 0 Å². The van der Waals surface area contributed by atoms with Gasteiger partial charge in [0.1, 0.15) is 0 Å². The Morgan fingerprint density at radius 2 is 2.07 bits per heavy atom. The van der Waals surface area contributed by atoms with Crippen LogP contribution in [0.1, 0.15) is 24.8 Å². The predicted octanol–water partition coefficient (Wildman–Crippen LogP) is 2.20. The fourth-order valence-corrected chi connectivity index (χ4v) is 1.75. The summed E-state index contributed by atoms with van der Waals surface area (Å²) in [6.45, 7) is 5.94. The molecule has 0 saturated heterocycles. The maximum atomic E-state index is 5.48. The first kappa shape index (κ1) is 11.0. The summed E-state index contributed by atoms with van der Waals surface area (Å²) >= 11 is 0. The normalized spacial score (nSPS) is 14.7. The third-order valence-electron chi connectivity index (χ3n) is 2.55. The van der Waals surface area contributed by atoms with E-state index in [0.29, 0.717) is 5.92 Å². The standard InChI is InChI=1S/C12H18N2/c1-3-11(12(4-2)14-13)10-8-6-5-7-9-10/h4-9,11-12,14H,2-3,13H2,1H3. The van der Waals surface area contributed by atoms with E-state index in [9.17, 15) is 0 Å². The van der Waals surface area contributed by atoms with Crippen molar-refractivity contribution in [3.63, 3.8) is 0 Å². The second-order valence-corrected chi connectivity index (χ2v) is 3.35. The van der Waals surface area contributed by atoms with Crippen molar-refractivity contribution in [2.24, 2.45) is 5.84 Å². The van der Waals surface area contributed by atoms with Crippen LogP contribution in [-0.2, 0) is 0 Å². The first-order chi connectivity index (χ1) is 6.83. The van der Waals surface area contributed by atoms with Crippen LogP contribution < -0.4 is 11.3 Å². The summed E-state index contributed by atoms with van der Waals surface area (Å²) in [6.07, 6.45) is 2.91. The molecule has 0 aromatic heterocycles. The Labute approximate surface area is 85.8 Å². The highest BCUT2D eigenvalue weighted by Crippen LogP contribution is 2.23. The van der Waals surface area contributed by atoms with Gasteiger partial charge in [0.15, 0.2) is 0 Å². The van der Waals surface area contributed by atoms with Gasteiger partial charge in [-0.1, -0.05) is 43.3 Å². The van der Waals surface area contributed by atoms with Crippen LogP contribution >= 0.6 is 0 Å². The molecule has 3 N–H and O–H groups in total. The Kier molecular flexibility index (Phi) is 4.36. The Bertz CT molecular complexity index is 269. The van der Waals surface area contributed by atoms with Gasteiger partial charge in [-0.3, -0.25) is 11.3 Å². The number of hydrogen-bond donors (Lipinski definition) is 2. The summed E-state index contributed by atoms with van der Waals surface area (Å²) in [7, 11) is 0. The Morgan fingerprint density at radius 3 is 2.50 bits per heavy atom. The van der Waals surface area contributed by atoms with Crippen molar-refractivity contribution < 1.29 is 0 Å². The Morgan fingerprint density at radius 1 is 1.43 bits per heavy atom. The van der Waals surface area contributed by atoms with Gasteiger partial charge < -0.3 is 0 Å². The zero-order chi connectivity index (χ0) is 10.4. The molecule has 0 radical (unpaired) electrons. The minimum absolute atomic E-state index is 0.141. The van der Waals surface area contributed by atoms with Gasteiger partial charge in [-0.15, -0.1) is 6.58 Å². The highest BCUT2D eigenvalue weighted by atomic mass is 15.2. The highest BCUT2D eigenvalue weighted by molar-refractivity contribution is 5.22. The summed E-state index contributed by atoms with van der Waals surface area (Å²) in [6, 6.07) is 10.5. The smallest absolute Gasteiger partial charge is 0.0456 e. The van der Waals surface area contributed by atoms with Crippen molar-refractivity contribution in [3.8, 4) is 0 Å². The van der Waals surface area contributed by atoms with E-state index in [2.05, 4.69) is 43.2 Å². The molecule has 1 aromatic carbocycles. The molecule has 2 atom stereocenters. The molecular weight excluding hydrogens is 172 g/mol. The van der Waals surface area contributed by atoms with Gasteiger partial charge in [-0.05, 0) is 12.0 Å². The van der Waals surface area contributed by atoms with Gasteiger partial charge in [0, 0.05) is 12.0 Å². The van der Waals surface area contributed by atoms with E-state index in [1.54, 1.807) is 0 Å². The molecule has 76 valence electrons. The molecule has 1 aromatic rings. The molecule has 0 bridgehead atoms. The van der Waals surface area contributed by atoms with Crippen molar-refractivity contribution in [3.05, 3.63) is 48.6 Å². The fraction of sp³-hybridized carbons (Fsp3) is 0.333. The summed E-state index contributed by atoms with van der Waals surface area (Å²) in [5, 5.41) is 0. The van der Waals surface area contributed by atoms with Crippen LogP contribution in [0.5, 0.6) is 0 Å². The second-order valence-electron chi connectivity index (χ2n) is 3.35. The summed E-state index contributed by atoms with van der Waals surface area (Å²) < 4.78 is 0. The van der Waals surface area contributed by atoms with Crippen molar-refractivity contribution in [2.45, 2.75) is 25.3 Å². The molecule has 0 aliphatic rings. The monoisotopic (exact) mass is 190 g/mol. The van der Waals surface area contributed by atoms with Gasteiger partial charge in [0.05, 0.1) is 0 Å². The quantitative estimate of drug-likeness (QED) is 0.424. The van der Waals surface area contributed by atoms with Crippen molar-refractivity contribution in [1.29, 1.82) is 0 Å². The second kappa shape index (κ2) is 5.58. The summed E-state index contributed by atoms with van der Waals surface area (Å²) in [5.74, 6) is 5.88. The summed E-state index contributed by atoms with van der Waals surface area (Å²) in [5.41, 5.74) is 4.09. The minimum Gasteiger partial charge on any atom is -0.271 e. The lowest BCUT2D eigenvalue weighted by atomic mass is 9.89. The third-order valence-corrected chi connectivity index (χ3v) is 2.55. The molecule has 1 rings (SSSR count). The number of rotatable bonds is 5. The van der Waals surface area contributed by atoms with Crippen LogP contribution in [0.25, 0.3) is 0 Å². The molecule has 0 spiro atoms. The minimum atomic E-state index is 0.141. The molecule has 0 saturated carbocycles. The SMILES string of the molecule is C=CC(NN)C(CC)c1ccccc1. The molecule has 0 aliphatic carbocycles. The molecule has 14 heavy (non-hydrogen) atoms. The van der Waals surface area contributed by atoms with Crippen LogP contribution in [-0.4, -0.2) is 6.04 Å². The number of hydrazine groups is 1. The van der Waals surface area contributed by atoms with E-state index in [1.165, 1.54) is 5.56 Å². The summed E-state index contributed by atoms with van der Waals surface area (Å²) in [4.78, 5) is 0. The lowest BCUT2D eigenvalue weighted by Gasteiger charge is -2.22. The van der Waals surface area contributed by atoms with E-state index in [1.807, 2.05) is 12.1 Å². The molecule has 0 fully saturated rings. The van der Waals surface area contributed by atoms with Gasteiger partial charge >= 0.3 is 0 Å². The topological polar surface area (TPSA) is 38.0 Å². The number of nitrogens with one attached hydrogen (secondary N) is 1. The average molecular weight is 190 g/mol. The molecule has 2 nitrogen and oxygen atoms in total. The lowest BCUT2D eigenvalue weighted by molar-refractivity contribution is 0.499. The van der Waals surface area contributed by atoms with Gasteiger partial charge in [0.25, 0.3) is 0 Å². The van der Waals surface area contributed by atoms with Gasteiger partial charge in [-0.2, -0.15) is 0 Å². The molecule has 0 aliphatic heterocycles. The molecule has 2 unspecified atom stereocenters. The zero-order valence-corrected chi connectivity index (χ0v) is 8.61. The number of benzene rings is 1. The first-order valence-corrected chi connectivity index (χ1v) is 4.97. The first-order valence-electron chi connectivity index (χ1n) is 4.97. The van der Waals surface area contributed by atoms with Crippen LogP contribution in [0.3, 0.4) is 0 Å². The van der Waals surface area contributed by atoms with Crippen molar-refractivity contribution in [2.75, 3.05) is 0 Å². The number of nitrogens with two attached hydrogens (primary N) is 1. The van der Waals surface area contributed by atoms with E-state index in [4.69, 9.17) is 5.84 Å². The maximum absolute atomic E-state index is 5.48. The Hall–Kier alpha value is -1.12. The third kappa shape index (κ3) is 2.44. The fourth-order valence-electron chi connectivity index (χ4n) is 1.75. The molecule has 0 amide bonds. The van der Waals surface area contributed by atoms with Crippen LogP contribution in [0.4, 0.5) is 0 Å². The zero-order valence-electron chi connectivity index (χ0n) is 8.61. The Balaban J connectivity index is 2.86. The molecular formula is C12H18N2. The highest BCUT2D eigenvalue weighted by Gasteiger charge is 2.16. The predicted molar refractivity (Wildman–Crippen MR) is 60.8 cm³/mol.